The van der Waals surface area contributed by atoms with Crippen LogP contribution in [0.4, 0.5) is 5.69 Å². The molecule has 1 rings (SSSR count). The Labute approximate surface area is 116 Å². The summed E-state index contributed by atoms with van der Waals surface area (Å²) in [7, 11) is 4.03. The first-order valence-corrected chi connectivity index (χ1v) is 6.58. The maximum atomic E-state index is 12.3. The monoisotopic (exact) mass is 260 g/mol. The Morgan fingerprint density at radius 3 is 2.16 bits per heavy atom. The minimum Gasteiger partial charge on any atom is -0.308 e. The number of aryl methyl sites for hydroxylation is 1. The second kappa shape index (κ2) is 7.10. The van der Waals surface area contributed by atoms with Gasteiger partial charge in [0, 0.05) is 24.9 Å². The van der Waals surface area contributed by atoms with Crippen LogP contribution in [0.25, 0.3) is 0 Å². The van der Waals surface area contributed by atoms with Gasteiger partial charge in [-0.2, -0.15) is 0 Å². The van der Waals surface area contributed by atoms with Gasteiger partial charge < -0.3 is 9.80 Å². The first-order valence-electron chi connectivity index (χ1n) is 6.58. The molecule has 19 heavy (non-hydrogen) atoms. The summed E-state index contributed by atoms with van der Waals surface area (Å²) in [5.41, 5.74) is 3.17. The summed E-state index contributed by atoms with van der Waals surface area (Å²) in [4.78, 5) is 16.2. The summed E-state index contributed by atoms with van der Waals surface area (Å²) >= 11 is 0. The minimum absolute atomic E-state index is 0.0469. The molecule has 0 heterocycles. The highest BCUT2D eigenvalue weighted by Crippen LogP contribution is 2.16. The van der Waals surface area contributed by atoms with E-state index in [0.717, 1.165) is 17.8 Å². The highest BCUT2D eigenvalue weighted by Gasteiger charge is 2.13. The molecule has 3 heteroatoms. The summed E-state index contributed by atoms with van der Waals surface area (Å²) in [6, 6.07) is 8.07. The number of carbonyl (C=O) groups excluding carboxylic acids is 1. The van der Waals surface area contributed by atoms with Crippen LogP contribution in [0.15, 0.2) is 35.9 Å². The van der Waals surface area contributed by atoms with Gasteiger partial charge in [0.25, 0.3) is 5.91 Å². The number of nitrogens with zero attached hydrogens (tertiary/aromatic N) is 2. The number of hydrogen-bond acceptors (Lipinski definition) is 2. The van der Waals surface area contributed by atoms with Gasteiger partial charge in [-0.1, -0.05) is 23.3 Å². The third-order valence-corrected chi connectivity index (χ3v) is 2.79. The second-order valence-electron chi connectivity index (χ2n) is 5.35. The smallest absolute Gasteiger partial charge is 0.250 e. The Bertz CT molecular complexity index is 442. The zero-order valence-corrected chi connectivity index (χ0v) is 12.6. The fraction of sp³-hybridized carbons (Fsp3) is 0.438. The standard InChI is InChI=1S/C16H24N2O/c1-13(2)12-16(19)18(11-10-17(4)5)15-8-6-14(3)7-9-15/h6-9,12H,10-11H2,1-5H3. The molecule has 0 aliphatic carbocycles. The van der Waals surface area contributed by atoms with Crippen molar-refractivity contribution in [1.29, 1.82) is 0 Å². The Hall–Kier alpha value is -1.61. The van der Waals surface area contributed by atoms with Gasteiger partial charge in [-0.05, 0) is 47.0 Å². The maximum Gasteiger partial charge on any atom is 0.250 e. The summed E-state index contributed by atoms with van der Waals surface area (Å²) in [6.07, 6.45) is 1.69. The maximum absolute atomic E-state index is 12.3. The molecule has 0 spiro atoms. The van der Waals surface area contributed by atoms with Crippen molar-refractivity contribution in [3.05, 3.63) is 41.5 Å². The molecule has 0 bridgehead atoms. The molecule has 1 aromatic rings. The van der Waals surface area contributed by atoms with Gasteiger partial charge in [0.2, 0.25) is 0 Å². The van der Waals surface area contributed by atoms with Crippen LogP contribution >= 0.6 is 0 Å². The lowest BCUT2D eigenvalue weighted by atomic mass is 10.2. The Morgan fingerprint density at radius 1 is 1.11 bits per heavy atom. The SMILES string of the molecule is CC(C)=CC(=O)N(CCN(C)C)c1ccc(C)cc1. The molecule has 3 nitrogen and oxygen atoms in total. The third-order valence-electron chi connectivity index (χ3n) is 2.79. The van der Waals surface area contributed by atoms with Crippen molar-refractivity contribution < 1.29 is 4.79 Å². The van der Waals surface area contributed by atoms with E-state index >= 15 is 0 Å². The molecular formula is C16H24N2O. The van der Waals surface area contributed by atoms with Gasteiger partial charge >= 0.3 is 0 Å². The van der Waals surface area contributed by atoms with E-state index in [0.29, 0.717) is 6.54 Å². The number of rotatable bonds is 5. The molecule has 0 saturated carbocycles. The number of carbonyl (C=O) groups is 1. The Balaban J connectivity index is 2.94. The van der Waals surface area contributed by atoms with E-state index in [1.54, 1.807) is 6.08 Å². The van der Waals surface area contributed by atoms with Crippen LogP contribution in [0, 0.1) is 6.92 Å². The number of benzene rings is 1. The molecule has 0 aliphatic rings. The number of allylic oxidation sites excluding steroid dienone is 1. The lowest BCUT2D eigenvalue weighted by Crippen LogP contribution is -2.35. The summed E-state index contributed by atoms with van der Waals surface area (Å²) < 4.78 is 0. The number of anilines is 1. The quantitative estimate of drug-likeness (QED) is 0.760. The van der Waals surface area contributed by atoms with Crippen molar-refractivity contribution in [2.75, 3.05) is 32.1 Å². The van der Waals surface area contributed by atoms with Crippen LogP contribution in [0.1, 0.15) is 19.4 Å². The molecule has 0 saturated heterocycles. The summed E-state index contributed by atoms with van der Waals surface area (Å²) in [5, 5.41) is 0. The second-order valence-corrected chi connectivity index (χ2v) is 5.35. The Kier molecular flexibility index (Phi) is 5.77. The summed E-state index contributed by atoms with van der Waals surface area (Å²) in [6.45, 7) is 7.47. The van der Waals surface area contributed by atoms with Crippen molar-refractivity contribution in [1.82, 2.24) is 4.90 Å². The van der Waals surface area contributed by atoms with Crippen LogP contribution in [0.5, 0.6) is 0 Å². The van der Waals surface area contributed by atoms with E-state index in [4.69, 9.17) is 0 Å². The van der Waals surface area contributed by atoms with Crippen molar-refractivity contribution in [2.24, 2.45) is 0 Å². The van der Waals surface area contributed by atoms with Crippen LogP contribution in [0.2, 0.25) is 0 Å². The topological polar surface area (TPSA) is 23.6 Å². The number of amides is 1. The fourth-order valence-electron chi connectivity index (χ4n) is 1.72. The van der Waals surface area contributed by atoms with Gasteiger partial charge in [0.15, 0.2) is 0 Å². The number of likely N-dealkylation sites (N-methyl/N-ethyl adjacent to an activating group) is 1. The van der Waals surface area contributed by atoms with E-state index in [1.807, 2.05) is 64.0 Å². The zero-order chi connectivity index (χ0) is 14.4. The molecule has 0 N–H and O–H groups in total. The molecule has 1 aromatic carbocycles. The largest absolute Gasteiger partial charge is 0.308 e. The molecular weight excluding hydrogens is 236 g/mol. The van der Waals surface area contributed by atoms with Crippen LogP contribution < -0.4 is 4.90 Å². The van der Waals surface area contributed by atoms with Gasteiger partial charge in [-0.25, -0.2) is 0 Å². The van der Waals surface area contributed by atoms with Crippen molar-refractivity contribution in [3.63, 3.8) is 0 Å². The summed E-state index contributed by atoms with van der Waals surface area (Å²) in [5.74, 6) is 0.0469. The molecule has 0 radical (unpaired) electrons. The van der Waals surface area contributed by atoms with Gasteiger partial charge in [0.05, 0.1) is 0 Å². The van der Waals surface area contributed by atoms with E-state index < -0.39 is 0 Å². The zero-order valence-electron chi connectivity index (χ0n) is 12.6. The van der Waals surface area contributed by atoms with Crippen LogP contribution in [-0.4, -0.2) is 38.0 Å². The van der Waals surface area contributed by atoms with Gasteiger partial charge in [-0.15, -0.1) is 0 Å². The predicted octanol–water partition coefficient (Wildman–Crippen LogP) is 2.86. The highest BCUT2D eigenvalue weighted by atomic mass is 16.2. The molecule has 0 fully saturated rings. The van der Waals surface area contributed by atoms with E-state index in [2.05, 4.69) is 4.90 Å². The average Bonchev–Trinajstić information content (AvgIpc) is 2.30. The number of hydrogen-bond donors (Lipinski definition) is 0. The fourth-order valence-corrected chi connectivity index (χ4v) is 1.72. The van der Waals surface area contributed by atoms with Crippen molar-refractivity contribution in [3.8, 4) is 0 Å². The lowest BCUT2D eigenvalue weighted by Gasteiger charge is -2.23. The first-order chi connectivity index (χ1) is 8.90. The molecule has 104 valence electrons. The van der Waals surface area contributed by atoms with E-state index in [1.165, 1.54) is 5.56 Å². The first kappa shape index (κ1) is 15.4. The van der Waals surface area contributed by atoms with Gasteiger partial charge in [0.1, 0.15) is 0 Å². The van der Waals surface area contributed by atoms with E-state index in [-0.39, 0.29) is 5.91 Å². The predicted molar refractivity (Wildman–Crippen MR) is 81.5 cm³/mol. The van der Waals surface area contributed by atoms with Crippen LogP contribution in [-0.2, 0) is 4.79 Å². The Morgan fingerprint density at radius 2 is 1.68 bits per heavy atom. The lowest BCUT2D eigenvalue weighted by molar-refractivity contribution is -0.114. The average molecular weight is 260 g/mol. The van der Waals surface area contributed by atoms with Crippen LogP contribution in [0.3, 0.4) is 0 Å². The molecule has 0 atom stereocenters. The molecule has 0 aromatic heterocycles. The molecule has 1 amide bonds. The molecule has 0 aliphatic heterocycles. The van der Waals surface area contributed by atoms with E-state index in [9.17, 15) is 4.79 Å². The third kappa shape index (κ3) is 5.26. The molecule has 0 unspecified atom stereocenters. The minimum atomic E-state index is 0.0469. The van der Waals surface area contributed by atoms with Gasteiger partial charge in [-0.3, -0.25) is 4.79 Å². The normalized spacial score (nSPS) is 10.4. The van der Waals surface area contributed by atoms with Crippen molar-refractivity contribution >= 4 is 11.6 Å². The van der Waals surface area contributed by atoms with Crippen molar-refractivity contribution in [2.45, 2.75) is 20.8 Å². The highest BCUT2D eigenvalue weighted by molar-refractivity contribution is 6.01.